The second kappa shape index (κ2) is 9.44. The molecular formula is C14H26N2. The predicted molar refractivity (Wildman–Crippen MR) is 69.5 cm³/mol. The Kier molecular flexibility index (Phi) is 7.83. The molecule has 0 aliphatic rings. The Labute approximate surface area is 99.9 Å². The molecule has 0 bridgehead atoms. The Morgan fingerprint density at radius 2 is 1.56 bits per heavy atom. The van der Waals surface area contributed by atoms with Crippen LogP contribution in [0, 0.1) is 0 Å². The van der Waals surface area contributed by atoms with Crippen molar-refractivity contribution in [2.45, 2.75) is 71.1 Å². The van der Waals surface area contributed by atoms with Crippen LogP contribution in [0.3, 0.4) is 0 Å². The Morgan fingerprint density at radius 3 is 2.12 bits per heavy atom. The lowest BCUT2D eigenvalue weighted by Crippen LogP contribution is -1.88. The number of imidazole rings is 1. The van der Waals surface area contributed by atoms with Gasteiger partial charge in [0.15, 0.2) is 0 Å². The summed E-state index contributed by atoms with van der Waals surface area (Å²) in [6.07, 6.45) is 17.4. The van der Waals surface area contributed by atoms with Crippen LogP contribution in [0.25, 0.3) is 0 Å². The zero-order chi connectivity index (χ0) is 11.5. The van der Waals surface area contributed by atoms with Crippen LogP contribution in [0.1, 0.15) is 70.5 Å². The molecular weight excluding hydrogens is 196 g/mol. The molecule has 0 spiro atoms. The van der Waals surface area contributed by atoms with Gasteiger partial charge in [0.05, 0.1) is 0 Å². The van der Waals surface area contributed by atoms with Crippen molar-refractivity contribution in [1.29, 1.82) is 0 Å². The van der Waals surface area contributed by atoms with E-state index in [1.165, 1.54) is 57.8 Å². The first-order chi connectivity index (χ1) is 7.93. The van der Waals surface area contributed by atoms with Crippen LogP contribution >= 0.6 is 0 Å². The van der Waals surface area contributed by atoms with Gasteiger partial charge in [-0.05, 0) is 6.42 Å². The van der Waals surface area contributed by atoms with E-state index in [4.69, 9.17) is 0 Å². The largest absolute Gasteiger partial charge is 0.349 e. The molecule has 0 saturated heterocycles. The van der Waals surface area contributed by atoms with Crippen LogP contribution in [0.5, 0.6) is 0 Å². The fourth-order valence-corrected chi connectivity index (χ4v) is 2.04. The first-order valence-electron chi connectivity index (χ1n) is 6.91. The van der Waals surface area contributed by atoms with Crippen LogP contribution in [-0.4, -0.2) is 9.97 Å². The van der Waals surface area contributed by atoms with Gasteiger partial charge in [0.25, 0.3) is 0 Å². The number of aromatic amines is 1. The van der Waals surface area contributed by atoms with Crippen molar-refractivity contribution in [3.8, 4) is 0 Å². The van der Waals surface area contributed by atoms with E-state index in [1.54, 1.807) is 0 Å². The molecule has 0 aliphatic heterocycles. The van der Waals surface area contributed by atoms with Crippen molar-refractivity contribution >= 4 is 0 Å². The van der Waals surface area contributed by atoms with Gasteiger partial charge >= 0.3 is 0 Å². The summed E-state index contributed by atoms with van der Waals surface area (Å²) in [4.78, 5) is 7.38. The fraction of sp³-hybridized carbons (Fsp3) is 0.786. The molecule has 0 aromatic carbocycles. The molecule has 0 amide bonds. The summed E-state index contributed by atoms with van der Waals surface area (Å²) in [7, 11) is 0. The van der Waals surface area contributed by atoms with Crippen molar-refractivity contribution in [2.24, 2.45) is 0 Å². The van der Waals surface area contributed by atoms with Crippen LogP contribution < -0.4 is 0 Å². The third-order valence-corrected chi connectivity index (χ3v) is 3.07. The minimum absolute atomic E-state index is 1.11. The van der Waals surface area contributed by atoms with E-state index in [2.05, 4.69) is 16.9 Å². The minimum atomic E-state index is 1.11. The van der Waals surface area contributed by atoms with Gasteiger partial charge < -0.3 is 4.98 Å². The predicted octanol–water partition coefficient (Wildman–Crippen LogP) is 4.48. The molecule has 0 aliphatic carbocycles. The number of H-pyrrole nitrogens is 1. The van der Waals surface area contributed by atoms with Crippen LogP contribution in [-0.2, 0) is 6.42 Å². The Morgan fingerprint density at radius 1 is 0.938 bits per heavy atom. The highest BCUT2D eigenvalue weighted by Crippen LogP contribution is 2.10. The van der Waals surface area contributed by atoms with Crippen molar-refractivity contribution in [2.75, 3.05) is 0 Å². The van der Waals surface area contributed by atoms with E-state index in [0.717, 1.165) is 12.2 Å². The summed E-state index contributed by atoms with van der Waals surface area (Å²) < 4.78 is 0. The number of aryl methyl sites for hydroxylation is 1. The first kappa shape index (κ1) is 13.3. The Bertz CT molecular complexity index is 229. The lowest BCUT2D eigenvalue weighted by atomic mass is 10.1. The lowest BCUT2D eigenvalue weighted by Gasteiger charge is -2.01. The fourth-order valence-electron chi connectivity index (χ4n) is 2.04. The second-order valence-corrected chi connectivity index (χ2v) is 4.61. The van der Waals surface area contributed by atoms with Crippen molar-refractivity contribution in [1.82, 2.24) is 9.97 Å². The van der Waals surface area contributed by atoms with E-state index >= 15 is 0 Å². The summed E-state index contributed by atoms with van der Waals surface area (Å²) in [6.45, 7) is 2.27. The Balaban J connectivity index is 1.78. The number of aromatic nitrogens is 2. The van der Waals surface area contributed by atoms with Gasteiger partial charge in [-0.1, -0.05) is 58.3 Å². The molecule has 0 unspecified atom stereocenters. The number of rotatable bonds is 10. The van der Waals surface area contributed by atoms with E-state index < -0.39 is 0 Å². The molecule has 1 rings (SSSR count). The number of nitrogens with one attached hydrogen (secondary N) is 1. The first-order valence-corrected chi connectivity index (χ1v) is 6.91. The molecule has 0 fully saturated rings. The number of hydrogen-bond donors (Lipinski definition) is 1. The standard InChI is InChI=1S/C14H26N2/c1-2-3-4-5-6-7-8-9-10-11-14-15-12-13-16-14/h12-13H,2-11H2,1H3,(H,15,16). The quantitative estimate of drug-likeness (QED) is 0.581. The number of hydrogen-bond acceptors (Lipinski definition) is 1. The maximum Gasteiger partial charge on any atom is 0.105 e. The third kappa shape index (κ3) is 6.65. The van der Waals surface area contributed by atoms with Gasteiger partial charge in [-0.3, -0.25) is 0 Å². The summed E-state index contributed by atoms with van der Waals surface area (Å²) in [5.74, 6) is 1.14. The third-order valence-electron chi connectivity index (χ3n) is 3.07. The molecule has 0 saturated carbocycles. The molecule has 92 valence electrons. The molecule has 16 heavy (non-hydrogen) atoms. The summed E-state index contributed by atoms with van der Waals surface area (Å²) >= 11 is 0. The molecule has 1 heterocycles. The van der Waals surface area contributed by atoms with Gasteiger partial charge in [-0.15, -0.1) is 0 Å². The maximum atomic E-state index is 4.23. The van der Waals surface area contributed by atoms with E-state index in [9.17, 15) is 0 Å². The topological polar surface area (TPSA) is 28.7 Å². The monoisotopic (exact) mass is 222 g/mol. The van der Waals surface area contributed by atoms with Gasteiger partial charge in [-0.25, -0.2) is 4.98 Å². The van der Waals surface area contributed by atoms with Gasteiger partial charge in [0, 0.05) is 18.8 Å². The molecule has 2 nitrogen and oxygen atoms in total. The van der Waals surface area contributed by atoms with Gasteiger partial charge in [0.2, 0.25) is 0 Å². The lowest BCUT2D eigenvalue weighted by molar-refractivity contribution is 0.562. The van der Waals surface area contributed by atoms with Gasteiger partial charge in [0.1, 0.15) is 5.82 Å². The normalized spacial score (nSPS) is 10.8. The average molecular weight is 222 g/mol. The van der Waals surface area contributed by atoms with Crippen molar-refractivity contribution < 1.29 is 0 Å². The molecule has 0 radical (unpaired) electrons. The number of nitrogens with zero attached hydrogens (tertiary/aromatic N) is 1. The molecule has 1 aromatic heterocycles. The zero-order valence-corrected chi connectivity index (χ0v) is 10.7. The SMILES string of the molecule is CCCCCCCCCCCc1ncc[nH]1. The van der Waals surface area contributed by atoms with Crippen LogP contribution in [0.4, 0.5) is 0 Å². The highest BCUT2D eigenvalue weighted by molar-refractivity contribution is 4.86. The highest BCUT2D eigenvalue weighted by atomic mass is 14.9. The molecule has 1 N–H and O–H groups in total. The summed E-state index contributed by atoms with van der Waals surface area (Å²) in [5.41, 5.74) is 0. The zero-order valence-electron chi connectivity index (χ0n) is 10.7. The highest BCUT2D eigenvalue weighted by Gasteiger charge is 1.95. The van der Waals surface area contributed by atoms with E-state index in [-0.39, 0.29) is 0 Å². The summed E-state index contributed by atoms with van der Waals surface area (Å²) in [6, 6.07) is 0. The summed E-state index contributed by atoms with van der Waals surface area (Å²) in [5, 5.41) is 0. The van der Waals surface area contributed by atoms with Crippen molar-refractivity contribution in [3.05, 3.63) is 18.2 Å². The van der Waals surface area contributed by atoms with E-state index in [0.29, 0.717) is 0 Å². The smallest absolute Gasteiger partial charge is 0.105 e. The molecule has 1 aromatic rings. The average Bonchev–Trinajstić information content (AvgIpc) is 2.80. The Hall–Kier alpha value is -0.790. The minimum Gasteiger partial charge on any atom is -0.349 e. The van der Waals surface area contributed by atoms with Crippen LogP contribution in [0.2, 0.25) is 0 Å². The van der Waals surface area contributed by atoms with Crippen molar-refractivity contribution in [3.63, 3.8) is 0 Å². The van der Waals surface area contributed by atoms with E-state index in [1.807, 2.05) is 12.4 Å². The maximum absolute atomic E-state index is 4.23. The van der Waals surface area contributed by atoms with Gasteiger partial charge in [-0.2, -0.15) is 0 Å². The molecule has 2 heteroatoms. The van der Waals surface area contributed by atoms with Crippen LogP contribution in [0.15, 0.2) is 12.4 Å². The second-order valence-electron chi connectivity index (χ2n) is 4.61. The number of unbranched alkanes of at least 4 members (excludes halogenated alkanes) is 8. The molecule has 0 atom stereocenters.